The molecule has 0 aliphatic carbocycles. The molecule has 0 N–H and O–H groups in total. The van der Waals surface area contributed by atoms with Gasteiger partial charge in [-0.15, -0.1) is 0 Å². The Balaban J connectivity index is 3.25. The van der Waals surface area contributed by atoms with Crippen molar-refractivity contribution in [1.82, 2.24) is 0 Å². The number of halogens is 3. The van der Waals surface area contributed by atoms with Gasteiger partial charge in [0.15, 0.2) is 5.82 Å². The van der Waals surface area contributed by atoms with Crippen LogP contribution in [0.5, 0.6) is 5.75 Å². The van der Waals surface area contributed by atoms with Crippen molar-refractivity contribution in [2.45, 2.75) is 0 Å². The molecule has 0 saturated heterocycles. The fourth-order valence-corrected chi connectivity index (χ4v) is 1.52. The van der Waals surface area contributed by atoms with E-state index in [9.17, 15) is 4.39 Å². The quantitative estimate of drug-likeness (QED) is 0.569. The number of rotatable bonds is 1. The fraction of sp³-hybridized carbons (Fsp3) is 0.143. The number of hydrogen-bond donors (Lipinski definition) is 0. The van der Waals surface area contributed by atoms with Gasteiger partial charge >= 0.3 is 0 Å². The fourth-order valence-electron chi connectivity index (χ4n) is 0.666. The molecule has 0 atom stereocenters. The summed E-state index contributed by atoms with van der Waals surface area (Å²) in [5.41, 5.74) is 0. The lowest BCUT2D eigenvalue weighted by atomic mass is 10.3. The Morgan fingerprint density at radius 3 is 2.73 bits per heavy atom. The van der Waals surface area contributed by atoms with E-state index < -0.39 is 5.82 Å². The zero-order valence-corrected chi connectivity index (χ0v) is 8.61. The molecule has 0 fully saturated rings. The molecule has 0 amide bonds. The normalized spacial score (nSPS) is 9.82. The van der Waals surface area contributed by atoms with Crippen LogP contribution in [0.2, 0.25) is 5.02 Å². The predicted molar refractivity (Wildman–Crippen MR) is 50.7 cm³/mol. The van der Waals surface area contributed by atoms with Crippen LogP contribution in [-0.4, -0.2) is 7.11 Å². The van der Waals surface area contributed by atoms with E-state index in [1.54, 1.807) is 12.1 Å². The Morgan fingerprint density at radius 2 is 2.18 bits per heavy atom. The summed E-state index contributed by atoms with van der Waals surface area (Å²) in [5.74, 6) is -0.0591. The second-order valence-electron chi connectivity index (χ2n) is 1.88. The Labute approximate surface area is 82.6 Å². The first-order chi connectivity index (χ1) is 5.16. The first-order valence-electron chi connectivity index (χ1n) is 2.84. The molecule has 0 radical (unpaired) electrons. The summed E-state index contributed by atoms with van der Waals surface area (Å²) in [6.07, 6.45) is 0. The molecule has 1 aromatic carbocycles. The van der Waals surface area contributed by atoms with Crippen LogP contribution in [0.4, 0.5) is 4.39 Å². The first kappa shape index (κ1) is 9.06. The molecule has 1 aromatic rings. The minimum atomic E-state index is -0.424. The monoisotopic (exact) mass is 286 g/mol. The topological polar surface area (TPSA) is 9.23 Å². The molecular formula is C7H5ClFIO. The van der Waals surface area contributed by atoms with Crippen LogP contribution in [0.3, 0.4) is 0 Å². The summed E-state index contributed by atoms with van der Waals surface area (Å²) >= 11 is 7.46. The Kier molecular flexibility index (Phi) is 2.95. The van der Waals surface area contributed by atoms with E-state index in [4.69, 9.17) is 16.3 Å². The minimum absolute atomic E-state index is 0.0411. The molecule has 11 heavy (non-hydrogen) atoms. The highest BCUT2D eigenvalue weighted by atomic mass is 127. The first-order valence-corrected chi connectivity index (χ1v) is 4.30. The van der Waals surface area contributed by atoms with Crippen LogP contribution >= 0.6 is 34.2 Å². The smallest absolute Gasteiger partial charge is 0.158 e. The molecule has 0 aliphatic heterocycles. The van der Waals surface area contributed by atoms with Crippen molar-refractivity contribution in [3.05, 3.63) is 26.5 Å². The van der Waals surface area contributed by atoms with E-state index in [0.717, 1.165) is 0 Å². The Hall–Kier alpha value is -0.0300. The zero-order valence-electron chi connectivity index (χ0n) is 5.70. The van der Waals surface area contributed by atoms with E-state index in [1.165, 1.54) is 7.11 Å². The highest BCUT2D eigenvalue weighted by Crippen LogP contribution is 2.29. The van der Waals surface area contributed by atoms with Gasteiger partial charge in [0.1, 0.15) is 10.8 Å². The average molecular weight is 286 g/mol. The van der Waals surface area contributed by atoms with E-state index in [1.807, 2.05) is 22.6 Å². The third-order valence-electron chi connectivity index (χ3n) is 1.22. The zero-order chi connectivity index (χ0) is 8.43. The van der Waals surface area contributed by atoms with Crippen LogP contribution in [-0.2, 0) is 0 Å². The second kappa shape index (κ2) is 3.58. The van der Waals surface area contributed by atoms with Gasteiger partial charge in [-0.1, -0.05) is 11.6 Å². The van der Waals surface area contributed by atoms with Crippen LogP contribution < -0.4 is 4.74 Å². The third-order valence-corrected chi connectivity index (χ3v) is 2.40. The van der Waals surface area contributed by atoms with Gasteiger partial charge in [0.25, 0.3) is 0 Å². The molecule has 0 spiro atoms. The SMILES string of the molecule is COc1ccc(I)c(F)c1Cl. The molecule has 1 nitrogen and oxygen atoms in total. The van der Waals surface area contributed by atoms with Crippen molar-refractivity contribution in [2.24, 2.45) is 0 Å². The molecule has 0 heterocycles. The van der Waals surface area contributed by atoms with Gasteiger partial charge < -0.3 is 4.74 Å². The van der Waals surface area contributed by atoms with Crippen molar-refractivity contribution < 1.29 is 9.13 Å². The molecule has 4 heteroatoms. The van der Waals surface area contributed by atoms with Crippen molar-refractivity contribution >= 4 is 34.2 Å². The summed E-state index contributed by atoms with van der Waals surface area (Å²) < 4.78 is 18.3. The lowest BCUT2D eigenvalue weighted by molar-refractivity contribution is 0.411. The van der Waals surface area contributed by atoms with E-state index in [0.29, 0.717) is 9.32 Å². The molecule has 0 aliphatic rings. The van der Waals surface area contributed by atoms with Gasteiger partial charge in [-0.2, -0.15) is 0 Å². The van der Waals surface area contributed by atoms with Gasteiger partial charge in [-0.3, -0.25) is 0 Å². The maximum atomic E-state index is 13.0. The maximum absolute atomic E-state index is 13.0. The summed E-state index contributed by atoms with van der Waals surface area (Å²) in [4.78, 5) is 0. The van der Waals surface area contributed by atoms with Crippen molar-refractivity contribution in [2.75, 3.05) is 7.11 Å². The van der Waals surface area contributed by atoms with Crippen molar-refractivity contribution in [3.63, 3.8) is 0 Å². The Bertz CT molecular complexity index is 277. The van der Waals surface area contributed by atoms with Crippen LogP contribution in [0.1, 0.15) is 0 Å². The van der Waals surface area contributed by atoms with Gasteiger partial charge in [0.05, 0.1) is 10.7 Å². The lowest BCUT2D eigenvalue weighted by Crippen LogP contribution is -1.89. The third kappa shape index (κ3) is 1.76. The second-order valence-corrected chi connectivity index (χ2v) is 3.42. The van der Waals surface area contributed by atoms with Gasteiger partial charge in [-0.05, 0) is 34.7 Å². The molecule has 1 rings (SSSR count). The van der Waals surface area contributed by atoms with Crippen LogP contribution in [0, 0.1) is 9.39 Å². The van der Waals surface area contributed by atoms with Crippen molar-refractivity contribution in [3.8, 4) is 5.75 Å². The number of hydrogen-bond acceptors (Lipinski definition) is 1. The highest BCUT2D eigenvalue weighted by Gasteiger charge is 2.09. The molecule has 0 bridgehead atoms. The summed E-state index contributed by atoms with van der Waals surface area (Å²) in [5, 5.41) is 0.0411. The lowest BCUT2D eigenvalue weighted by Gasteiger charge is -2.03. The summed E-state index contributed by atoms with van der Waals surface area (Å²) in [6.45, 7) is 0. The van der Waals surface area contributed by atoms with E-state index >= 15 is 0 Å². The predicted octanol–water partition coefficient (Wildman–Crippen LogP) is 3.09. The number of benzene rings is 1. The van der Waals surface area contributed by atoms with Crippen LogP contribution in [0.15, 0.2) is 12.1 Å². The molecule has 0 aromatic heterocycles. The molecule has 0 unspecified atom stereocenters. The van der Waals surface area contributed by atoms with Gasteiger partial charge in [-0.25, -0.2) is 4.39 Å². The van der Waals surface area contributed by atoms with Gasteiger partial charge in [0.2, 0.25) is 0 Å². The average Bonchev–Trinajstić information content (AvgIpc) is 2.01. The standard InChI is InChI=1S/C7H5ClFIO/c1-11-5-3-2-4(10)7(9)6(5)8/h2-3H,1H3. The Morgan fingerprint density at radius 1 is 1.55 bits per heavy atom. The van der Waals surface area contributed by atoms with E-state index in [2.05, 4.69) is 0 Å². The minimum Gasteiger partial charge on any atom is -0.495 e. The number of methoxy groups -OCH3 is 1. The van der Waals surface area contributed by atoms with Crippen molar-refractivity contribution in [1.29, 1.82) is 0 Å². The van der Waals surface area contributed by atoms with Gasteiger partial charge in [0, 0.05) is 0 Å². The largest absolute Gasteiger partial charge is 0.495 e. The maximum Gasteiger partial charge on any atom is 0.158 e. The highest BCUT2D eigenvalue weighted by molar-refractivity contribution is 14.1. The van der Waals surface area contributed by atoms with E-state index in [-0.39, 0.29) is 5.02 Å². The molecule has 0 saturated carbocycles. The molecule has 60 valence electrons. The van der Waals surface area contributed by atoms with Crippen LogP contribution in [0.25, 0.3) is 0 Å². The molecular weight excluding hydrogens is 281 g/mol. The summed E-state index contributed by atoms with van der Waals surface area (Å²) in [6, 6.07) is 3.24. The summed E-state index contributed by atoms with van der Waals surface area (Å²) in [7, 11) is 1.45. The number of ether oxygens (including phenoxy) is 1.